The van der Waals surface area contributed by atoms with Gasteiger partial charge >= 0.3 is 36.0 Å². The molecule has 1 aromatic heterocycles. The number of nitrogens with zero attached hydrogens (tertiary/aromatic N) is 3. The van der Waals surface area contributed by atoms with E-state index in [0.717, 1.165) is 0 Å². The highest BCUT2D eigenvalue weighted by Gasteiger charge is 2.77. The van der Waals surface area contributed by atoms with Crippen LogP contribution in [0.1, 0.15) is 11.6 Å². The summed E-state index contributed by atoms with van der Waals surface area (Å²) in [5.41, 5.74) is 0. The first kappa shape index (κ1) is 23.4. The standard InChI is InChI=1S/C9ClF14N3/c10-3-26-1(4(11,12)6(15,16)8(19,20)21)25-2(27-3)5(13,14)7(17,18)9(22,23)24. The minimum atomic E-state index is -7.04. The van der Waals surface area contributed by atoms with Crippen LogP contribution in [0, 0.1) is 0 Å². The Morgan fingerprint density at radius 3 is 0.963 bits per heavy atom. The predicted molar refractivity (Wildman–Crippen MR) is 54.6 cm³/mol. The monoisotopic (exact) mass is 451 g/mol. The normalized spacial score (nSPS) is 15.2. The Balaban J connectivity index is 3.67. The van der Waals surface area contributed by atoms with Crippen molar-refractivity contribution in [2.24, 2.45) is 0 Å². The van der Waals surface area contributed by atoms with Gasteiger partial charge in [0, 0.05) is 0 Å². The quantitative estimate of drug-likeness (QED) is 0.598. The number of hydrogen-bond acceptors (Lipinski definition) is 3. The lowest BCUT2D eigenvalue weighted by Crippen LogP contribution is -2.52. The van der Waals surface area contributed by atoms with Gasteiger partial charge in [-0.15, -0.1) is 0 Å². The zero-order valence-corrected chi connectivity index (χ0v) is 12.3. The van der Waals surface area contributed by atoms with Crippen LogP contribution >= 0.6 is 11.6 Å². The van der Waals surface area contributed by atoms with Crippen LogP contribution in [0.5, 0.6) is 0 Å². The van der Waals surface area contributed by atoms with Crippen molar-refractivity contribution in [1.82, 2.24) is 15.0 Å². The summed E-state index contributed by atoms with van der Waals surface area (Å²) >= 11 is 4.71. The van der Waals surface area contributed by atoms with Crippen LogP contribution in [0.3, 0.4) is 0 Å². The molecule has 18 heteroatoms. The van der Waals surface area contributed by atoms with Gasteiger partial charge in [-0.2, -0.15) is 71.4 Å². The average molecular weight is 452 g/mol. The molecule has 1 heterocycles. The molecule has 0 aliphatic carbocycles. The Labute approximate surface area is 142 Å². The van der Waals surface area contributed by atoms with Crippen molar-refractivity contribution in [1.29, 1.82) is 0 Å². The molecule has 0 saturated heterocycles. The van der Waals surface area contributed by atoms with Gasteiger partial charge in [-0.25, -0.2) is 4.98 Å². The minimum Gasteiger partial charge on any atom is -0.205 e. The van der Waals surface area contributed by atoms with Crippen molar-refractivity contribution in [3.05, 3.63) is 16.9 Å². The van der Waals surface area contributed by atoms with Gasteiger partial charge in [-0.3, -0.25) is 0 Å². The second-order valence-corrected chi connectivity index (χ2v) is 4.88. The molecule has 0 spiro atoms. The van der Waals surface area contributed by atoms with Gasteiger partial charge in [0.15, 0.2) is 0 Å². The zero-order chi connectivity index (χ0) is 21.9. The van der Waals surface area contributed by atoms with E-state index in [1.54, 1.807) is 4.98 Å². The summed E-state index contributed by atoms with van der Waals surface area (Å²) in [5, 5.41) is -2.08. The Kier molecular flexibility index (Phi) is 5.33. The van der Waals surface area contributed by atoms with Crippen molar-refractivity contribution in [3.8, 4) is 0 Å². The first-order valence-corrected chi connectivity index (χ1v) is 6.05. The molecule has 0 saturated carbocycles. The summed E-state index contributed by atoms with van der Waals surface area (Å²) < 4.78 is 177. The Morgan fingerprint density at radius 2 is 0.741 bits per heavy atom. The van der Waals surface area contributed by atoms with Crippen LogP contribution in [-0.2, 0) is 11.8 Å². The highest BCUT2D eigenvalue weighted by molar-refractivity contribution is 6.28. The Morgan fingerprint density at radius 1 is 0.481 bits per heavy atom. The fraction of sp³-hybridized carbons (Fsp3) is 0.667. The van der Waals surface area contributed by atoms with Gasteiger partial charge in [0.05, 0.1) is 0 Å². The molecule has 0 aromatic carbocycles. The maximum Gasteiger partial charge on any atom is 0.460 e. The van der Waals surface area contributed by atoms with E-state index in [1.165, 1.54) is 0 Å². The van der Waals surface area contributed by atoms with Crippen LogP contribution in [-0.4, -0.2) is 39.1 Å². The lowest BCUT2D eigenvalue weighted by atomic mass is 10.1. The molecular weight excluding hydrogens is 452 g/mol. The van der Waals surface area contributed by atoms with Crippen molar-refractivity contribution >= 4 is 11.6 Å². The molecule has 156 valence electrons. The van der Waals surface area contributed by atoms with Gasteiger partial charge in [-0.1, -0.05) is 0 Å². The van der Waals surface area contributed by atoms with Gasteiger partial charge in [0.25, 0.3) is 0 Å². The van der Waals surface area contributed by atoms with Crippen LogP contribution in [0.4, 0.5) is 61.5 Å². The lowest BCUT2D eigenvalue weighted by Gasteiger charge is -2.29. The number of halogens is 15. The molecule has 0 bridgehead atoms. The molecular formula is C9ClF14N3. The van der Waals surface area contributed by atoms with E-state index < -0.39 is 53.0 Å². The first-order valence-electron chi connectivity index (χ1n) is 5.68. The van der Waals surface area contributed by atoms with Gasteiger partial charge in [-0.05, 0) is 11.6 Å². The third-order valence-corrected chi connectivity index (χ3v) is 2.84. The summed E-state index contributed by atoms with van der Waals surface area (Å²) in [6, 6.07) is 0. The third kappa shape index (κ3) is 3.56. The molecule has 0 N–H and O–H groups in total. The van der Waals surface area contributed by atoms with E-state index in [2.05, 4.69) is 0 Å². The van der Waals surface area contributed by atoms with Crippen molar-refractivity contribution in [3.63, 3.8) is 0 Å². The summed E-state index contributed by atoms with van der Waals surface area (Å²) in [5.74, 6) is -33.7. The van der Waals surface area contributed by atoms with Gasteiger partial charge < -0.3 is 0 Å². The molecule has 27 heavy (non-hydrogen) atoms. The molecule has 0 unspecified atom stereocenters. The number of aromatic nitrogens is 3. The topological polar surface area (TPSA) is 38.7 Å². The van der Waals surface area contributed by atoms with E-state index in [-0.39, 0.29) is 0 Å². The smallest absolute Gasteiger partial charge is 0.205 e. The molecule has 0 atom stereocenters. The number of alkyl halides is 14. The molecule has 0 radical (unpaired) electrons. The van der Waals surface area contributed by atoms with Crippen molar-refractivity contribution in [2.75, 3.05) is 0 Å². The average Bonchev–Trinajstić information content (AvgIpc) is 2.43. The SMILES string of the molecule is FC(F)(F)C(F)(F)C(F)(F)c1nc(Cl)nc(C(F)(F)C(F)(F)C(F)(F)F)n1. The first-order chi connectivity index (χ1) is 11.6. The van der Waals surface area contributed by atoms with Crippen molar-refractivity contribution < 1.29 is 61.5 Å². The van der Waals surface area contributed by atoms with E-state index >= 15 is 0 Å². The maximum absolute atomic E-state index is 13.4. The molecule has 0 amide bonds. The molecule has 1 aromatic rings. The maximum atomic E-state index is 13.4. The van der Waals surface area contributed by atoms with Crippen LogP contribution in [0.25, 0.3) is 0 Å². The minimum absolute atomic E-state index is 1.57. The fourth-order valence-corrected chi connectivity index (χ4v) is 1.43. The third-order valence-electron chi connectivity index (χ3n) is 2.67. The number of hydrogen-bond donors (Lipinski definition) is 0. The second kappa shape index (κ2) is 6.16. The van der Waals surface area contributed by atoms with Gasteiger partial charge in [0.1, 0.15) is 0 Å². The molecule has 3 nitrogen and oxygen atoms in total. The summed E-state index contributed by atoms with van der Waals surface area (Å²) in [4.78, 5) is 5.56. The molecule has 1 rings (SSSR count). The number of rotatable bonds is 4. The fourth-order valence-electron chi connectivity index (χ4n) is 1.27. The van der Waals surface area contributed by atoms with E-state index in [0.29, 0.717) is 0 Å². The summed E-state index contributed by atoms with van der Waals surface area (Å²) in [7, 11) is 0. The second-order valence-electron chi connectivity index (χ2n) is 4.54. The van der Waals surface area contributed by atoms with Crippen LogP contribution in [0.2, 0.25) is 5.28 Å². The summed E-state index contributed by atoms with van der Waals surface area (Å²) in [6.07, 6.45) is -14.0. The highest BCUT2D eigenvalue weighted by atomic mass is 35.5. The van der Waals surface area contributed by atoms with Crippen molar-refractivity contribution in [2.45, 2.75) is 36.0 Å². The van der Waals surface area contributed by atoms with Crippen LogP contribution < -0.4 is 0 Å². The summed E-state index contributed by atoms with van der Waals surface area (Å²) in [6.45, 7) is 0. The Hall–Kier alpha value is -1.68. The zero-order valence-electron chi connectivity index (χ0n) is 11.5. The molecule has 0 aliphatic heterocycles. The lowest BCUT2D eigenvalue weighted by molar-refractivity contribution is -0.364. The van der Waals surface area contributed by atoms with Gasteiger partial charge in [0.2, 0.25) is 16.9 Å². The van der Waals surface area contributed by atoms with E-state index in [9.17, 15) is 61.5 Å². The van der Waals surface area contributed by atoms with E-state index in [4.69, 9.17) is 11.6 Å². The molecule has 0 fully saturated rings. The predicted octanol–water partition coefficient (Wildman–Crippen LogP) is 5.10. The molecule has 0 aliphatic rings. The largest absolute Gasteiger partial charge is 0.460 e. The highest BCUT2D eigenvalue weighted by Crippen LogP contribution is 2.53. The van der Waals surface area contributed by atoms with Crippen LogP contribution in [0.15, 0.2) is 0 Å². The Bertz CT molecular complexity index is 653. The van der Waals surface area contributed by atoms with E-state index in [1.807, 2.05) is 9.97 Å².